The summed E-state index contributed by atoms with van der Waals surface area (Å²) in [6, 6.07) is 19.8. The number of nitrogens with zero attached hydrogens (tertiary/aromatic N) is 3. The van der Waals surface area contributed by atoms with Crippen LogP contribution < -0.4 is 4.74 Å². The zero-order valence-electron chi connectivity index (χ0n) is 21.7. The van der Waals surface area contributed by atoms with E-state index < -0.39 is 0 Å². The van der Waals surface area contributed by atoms with Gasteiger partial charge in [-0.25, -0.2) is 0 Å². The van der Waals surface area contributed by atoms with Crippen LogP contribution in [-0.2, 0) is 11.3 Å². The first-order valence-electron chi connectivity index (χ1n) is 13.4. The Bertz CT molecular complexity index is 982. The minimum atomic E-state index is -0.137. The SMILES string of the molecule is COc1ccc(CN2CCC3(CCN(C[C@H]4CN(C(C)C)CC4c4ccccc4)CC3)C2=O)cc1. The fourth-order valence-electron chi connectivity index (χ4n) is 6.54. The molecule has 5 heteroatoms. The van der Waals surface area contributed by atoms with Crippen LogP contribution in [0.4, 0.5) is 0 Å². The summed E-state index contributed by atoms with van der Waals surface area (Å²) in [7, 11) is 1.68. The lowest BCUT2D eigenvalue weighted by Crippen LogP contribution is -2.46. The maximum absolute atomic E-state index is 13.5. The molecule has 0 aliphatic carbocycles. The van der Waals surface area contributed by atoms with Crippen molar-refractivity contribution in [3.63, 3.8) is 0 Å². The van der Waals surface area contributed by atoms with Crippen molar-refractivity contribution >= 4 is 5.91 Å². The Hall–Kier alpha value is -2.37. The van der Waals surface area contributed by atoms with Crippen molar-refractivity contribution in [1.29, 1.82) is 0 Å². The van der Waals surface area contributed by atoms with Crippen molar-refractivity contribution in [2.24, 2.45) is 11.3 Å². The van der Waals surface area contributed by atoms with Gasteiger partial charge in [-0.1, -0.05) is 42.5 Å². The van der Waals surface area contributed by atoms with Gasteiger partial charge < -0.3 is 14.5 Å². The molecule has 1 unspecified atom stereocenters. The van der Waals surface area contributed by atoms with Crippen molar-refractivity contribution in [3.05, 3.63) is 65.7 Å². The smallest absolute Gasteiger partial charge is 0.229 e. The van der Waals surface area contributed by atoms with E-state index >= 15 is 0 Å². The number of rotatable bonds is 7. The van der Waals surface area contributed by atoms with Gasteiger partial charge in [0, 0.05) is 44.7 Å². The van der Waals surface area contributed by atoms with Gasteiger partial charge in [-0.15, -0.1) is 0 Å². The fraction of sp³-hybridized carbons (Fsp3) is 0.567. The van der Waals surface area contributed by atoms with Gasteiger partial charge in [-0.05, 0) is 75.4 Å². The fourth-order valence-corrected chi connectivity index (χ4v) is 6.54. The lowest BCUT2D eigenvalue weighted by molar-refractivity contribution is -0.139. The zero-order chi connectivity index (χ0) is 24.4. The van der Waals surface area contributed by atoms with E-state index in [4.69, 9.17) is 4.74 Å². The molecule has 5 nitrogen and oxygen atoms in total. The van der Waals surface area contributed by atoms with Crippen LogP contribution in [0.2, 0.25) is 0 Å². The minimum absolute atomic E-state index is 0.137. The number of ether oxygens (including phenoxy) is 1. The summed E-state index contributed by atoms with van der Waals surface area (Å²) in [6.07, 6.45) is 3.01. The van der Waals surface area contributed by atoms with Crippen LogP contribution in [0.5, 0.6) is 5.75 Å². The Labute approximate surface area is 211 Å². The van der Waals surface area contributed by atoms with Crippen molar-refractivity contribution in [2.75, 3.05) is 46.4 Å². The number of methoxy groups -OCH3 is 1. The first kappa shape index (κ1) is 24.3. The summed E-state index contributed by atoms with van der Waals surface area (Å²) < 4.78 is 5.27. The molecule has 1 amide bonds. The predicted octanol–water partition coefficient (Wildman–Crippen LogP) is 4.63. The summed E-state index contributed by atoms with van der Waals surface area (Å²) >= 11 is 0. The van der Waals surface area contributed by atoms with Gasteiger partial charge >= 0.3 is 0 Å². The van der Waals surface area contributed by atoms with E-state index in [2.05, 4.69) is 71.0 Å². The molecule has 0 aromatic heterocycles. The zero-order valence-corrected chi connectivity index (χ0v) is 21.7. The third-order valence-corrected chi connectivity index (χ3v) is 8.87. The maximum Gasteiger partial charge on any atom is 0.229 e. The van der Waals surface area contributed by atoms with E-state index in [0.717, 1.165) is 57.7 Å². The van der Waals surface area contributed by atoms with Gasteiger partial charge in [0.25, 0.3) is 0 Å². The highest BCUT2D eigenvalue weighted by Crippen LogP contribution is 2.43. The summed E-state index contributed by atoms with van der Waals surface area (Å²) in [6.45, 7) is 11.8. The molecular weight excluding hydrogens is 434 g/mol. The van der Waals surface area contributed by atoms with Gasteiger partial charge in [0.05, 0.1) is 12.5 Å². The average Bonchev–Trinajstić information content (AvgIpc) is 3.44. The molecule has 3 aliphatic rings. The van der Waals surface area contributed by atoms with E-state index in [1.807, 2.05) is 12.1 Å². The van der Waals surface area contributed by atoms with Crippen LogP contribution in [-0.4, -0.2) is 73.0 Å². The number of amides is 1. The minimum Gasteiger partial charge on any atom is -0.497 e. The molecule has 2 aromatic rings. The second-order valence-electron chi connectivity index (χ2n) is 11.2. The Morgan fingerprint density at radius 2 is 1.63 bits per heavy atom. The lowest BCUT2D eigenvalue weighted by Gasteiger charge is -2.39. The van der Waals surface area contributed by atoms with Crippen LogP contribution in [0.1, 0.15) is 50.2 Å². The quantitative estimate of drug-likeness (QED) is 0.585. The molecule has 0 radical (unpaired) electrons. The van der Waals surface area contributed by atoms with Crippen LogP contribution >= 0.6 is 0 Å². The Morgan fingerprint density at radius 3 is 2.29 bits per heavy atom. The van der Waals surface area contributed by atoms with Gasteiger partial charge in [0.2, 0.25) is 5.91 Å². The monoisotopic (exact) mass is 475 g/mol. The van der Waals surface area contributed by atoms with Crippen LogP contribution in [0, 0.1) is 11.3 Å². The molecule has 5 rings (SSSR count). The van der Waals surface area contributed by atoms with E-state index in [1.54, 1.807) is 7.11 Å². The first-order chi connectivity index (χ1) is 17.0. The summed E-state index contributed by atoms with van der Waals surface area (Å²) in [5.74, 6) is 2.49. The first-order valence-corrected chi connectivity index (χ1v) is 13.4. The Balaban J connectivity index is 1.18. The third kappa shape index (κ3) is 5.12. The number of piperidine rings is 1. The van der Waals surface area contributed by atoms with E-state index in [1.165, 1.54) is 17.7 Å². The number of likely N-dealkylation sites (tertiary alicyclic amines) is 3. The number of hydrogen-bond acceptors (Lipinski definition) is 4. The highest BCUT2D eigenvalue weighted by atomic mass is 16.5. The number of benzene rings is 2. The molecule has 3 fully saturated rings. The molecule has 3 aliphatic heterocycles. The van der Waals surface area contributed by atoms with E-state index in [-0.39, 0.29) is 5.41 Å². The van der Waals surface area contributed by atoms with Crippen molar-refractivity contribution in [3.8, 4) is 5.75 Å². The van der Waals surface area contributed by atoms with Gasteiger partial charge in [0.1, 0.15) is 5.75 Å². The molecular formula is C30H41N3O2. The average molecular weight is 476 g/mol. The highest BCUT2D eigenvalue weighted by molar-refractivity contribution is 5.85. The van der Waals surface area contributed by atoms with Crippen LogP contribution in [0.15, 0.2) is 54.6 Å². The van der Waals surface area contributed by atoms with Crippen molar-refractivity contribution in [2.45, 2.75) is 51.6 Å². The van der Waals surface area contributed by atoms with Gasteiger partial charge in [0.15, 0.2) is 0 Å². The molecule has 1 spiro atoms. The van der Waals surface area contributed by atoms with Crippen molar-refractivity contribution < 1.29 is 9.53 Å². The number of carbonyl (C=O) groups is 1. The second-order valence-corrected chi connectivity index (χ2v) is 11.2. The molecule has 0 bridgehead atoms. The molecule has 2 aromatic carbocycles. The molecule has 2 atom stereocenters. The Kier molecular flexibility index (Phi) is 7.17. The molecule has 35 heavy (non-hydrogen) atoms. The summed E-state index contributed by atoms with van der Waals surface area (Å²) in [4.78, 5) is 20.9. The summed E-state index contributed by atoms with van der Waals surface area (Å²) in [5.41, 5.74) is 2.52. The number of carbonyl (C=O) groups excluding carboxylic acids is 1. The predicted molar refractivity (Wildman–Crippen MR) is 141 cm³/mol. The lowest BCUT2D eigenvalue weighted by atomic mass is 9.76. The standard InChI is InChI=1S/C30H41N3O2/c1-23(2)33-21-26(28(22-33)25-7-5-4-6-8-25)20-31-16-13-30(14-17-31)15-18-32(29(30)34)19-24-9-11-27(35-3)12-10-24/h4-12,23,26,28H,13-22H2,1-3H3/t26-,28?/m0/s1. The van der Waals surface area contributed by atoms with Gasteiger partial charge in [-0.3, -0.25) is 9.69 Å². The van der Waals surface area contributed by atoms with Gasteiger partial charge in [-0.2, -0.15) is 0 Å². The maximum atomic E-state index is 13.5. The largest absolute Gasteiger partial charge is 0.497 e. The molecule has 188 valence electrons. The molecule has 3 saturated heterocycles. The van der Waals surface area contributed by atoms with Crippen LogP contribution in [0.3, 0.4) is 0 Å². The van der Waals surface area contributed by atoms with Crippen LogP contribution in [0.25, 0.3) is 0 Å². The topological polar surface area (TPSA) is 36.0 Å². The summed E-state index contributed by atoms with van der Waals surface area (Å²) in [5, 5.41) is 0. The molecule has 3 heterocycles. The third-order valence-electron chi connectivity index (χ3n) is 8.87. The molecule has 0 saturated carbocycles. The Morgan fingerprint density at radius 1 is 0.943 bits per heavy atom. The van der Waals surface area contributed by atoms with Crippen molar-refractivity contribution in [1.82, 2.24) is 14.7 Å². The number of hydrogen-bond donors (Lipinski definition) is 0. The highest BCUT2D eigenvalue weighted by Gasteiger charge is 2.48. The van der Waals surface area contributed by atoms with E-state index in [9.17, 15) is 4.79 Å². The van der Waals surface area contributed by atoms with E-state index in [0.29, 0.717) is 30.3 Å². The second kappa shape index (κ2) is 10.3. The normalized spacial score (nSPS) is 25.1. The molecule has 0 N–H and O–H groups in total.